The summed E-state index contributed by atoms with van der Waals surface area (Å²) in [5.74, 6) is 2.84. The molecule has 4 aliphatic carbocycles. The molecule has 0 radical (unpaired) electrons. The Morgan fingerprint density at radius 1 is 1.11 bits per heavy atom. The molecule has 0 spiro atoms. The molecule has 0 unspecified atom stereocenters. The first-order valence-electron chi connectivity index (χ1n) is 13.9. The van der Waals surface area contributed by atoms with Crippen LogP contribution in [0.2, 0.25) is 0 Å². The van der Waals surface area contributed by atoms with Gasteiger partial charge >= 0.3 is 7.60 Å². The van der Waals surface area contributed by atoms with E-state index in [2.05, 4.69) is 26.0 Å². The minimum atomic E-state index is -3.43. The van der Waals surface area contributed by atoms with Crippen LogP contribution in [0.4, 0.5) is 0 Å². The number of aliphatic hydroxyl groups is 1. The molecule has 0 aromatic carbocycles. The van der Waals surface area contributed by atoms with Gasteiger partial charge in [0.2, 0.25) is 0 Å². The minimum absolute atomic E-state index is 0.160. The summed E-state index contributed by atoms with van der Waals surface area (Å²) in [4.78, 5) is 2.03. The summed E-state index contributed by atoms with van der Waals surface area (Å²) >= 11 is 0. The normalized spacial score (nSPS) is 38.4. The molecule has 2 saturated carbocycles. The van der Waals surface area contributed by atoms with Gasteiger partial charge in [-0.05, 0) is 105 Å². The Morgan fingerprint density at radius 2 is 1.78 bits per heavy atom. The molecule has 0 amide bonds. The van der Waals surface area contributed by atoms with E-state index >= 15 is 0 Å². The maximum atomic E-state index is 13.4. The fourth-order valence-electron chi connectivity index (χ4n) is 8.39. The van der Waals surface area contributed by atoms with E-state index in [1.807, 2.05) is 24.8 Å². The van der Waals surface area contributed by atoms with Crippen molar-refractivity contribution in [2.24, 2.45) is 28.6 Å². The molecule has 0 saturated heterocycles. The van der Waals surface area contributed by atoms with Crippen LogP contribution >= 0.6 is 7.60 Å². The Balaban J connectivity index is 1.62. The van der Waals surface area contributed by atoms with Gasteiger partial charge in [0.25, 0.3) is 0 Å². The van der Waals surface area contributed by atoms with Crippen molar-refractivity contribution in [1.29, 1.82) is 0 Å². The van der Waals surface area contributed by atoms with Crippen LogP contribution in [0.1, 0.15) is 79.1 Å². The lowest BCUT2D eigenvalue weighted by atomic mass is 9.47. The molecule has 6 nitrogen and oxygen atoms in total. The Kier molecular flexibility index (Phi) is 7.95. The number of fused-ring (bicyclic) bond motifs is 5. The highest BCUT2D eigenvalue weighted by molar-refractivity contribution is 7.58. The molecule has 0 aromatic rings. The third kappa shape index (κ3) is 4.25. The monoisotopic (exact) mass is 521 g/mol. The summed E-state index contributed by atoms with van der Waals surface area (Å²) < 4.78 is 29.8. The van der Waals surface area contributed by atoms with Crippen LogP contribution in [0.15, 0.2) is 35.0 Å². The van der Waals surface area contributed by atoms with Crippen LogP contribution in [0.3, 0.4) is 0 Å². The fourth-order valence-corrected chi connectivity index (χ4v) is 9.86. The van der Waals surface area contributed by atoms with Crippen molar-refractivity contribution < 1.29 is 23.5 Å². The summed E-state index contributed by atoms with van der Waals surface area (Å²) in [5.41, 5.74) is 1.26. The number of ether oxygens (including phenoxy) is 1. The molecule has 36 heavy (non-hydrogen) atoms. The van der Waals surface area contributed by atoms with Crippen molar-refractivity contribution in [3.8, 4) is 0 Å². The molecule has 2 fully saturated rings. The van der Waals surface area contributed by atoms with Crippen molar-refractivity contribution >= 4 is 7.60 Å². The molecule has 204 valence electrons. The van der Waals surface area contributed by atoms with E-state index in [0.717, 1.165) is 50.7 Å². The van der Waals surface area contributed by atoms with Crippen LogP contribution in [0.5, 0.6) is 0 Å². The highest BCUT2D eigenvalue weighted by Crippen LogP contribution is 2.68. The van der Waals surface area contributed by atoms with E-state index in [0.29, 0.717) is 42.7 Å². The SMILES string of the molecule is CCN(CC)/C(=C/C[C@]1(O)CC[C@H]2[C@@H]3CC=C4C=C(OC)CC[C@]4(C)[C@H]3CC[C@@]21C)P(=O)(OC)OC. The predicted molar refractivity (Wildman–Crippen MR) is 144 cm³/mol. The van der Waals surface area contributed by atoms with E-state index in [4.69, 9.17) is 13.8 Å². The average molecular weight is 522 g/mol. The topological polar surface area (TPSA) is 68.2 Å². The second-order valence-corrected chi connectivity index (χ2v) is 14.0. The molecule has 0 aliphatic heterocycles. The maximum absolute atomic E-state index is 13.4. The number of methoxy groups -OCH3 is 1. The molecule has 0 heterocycles. The Hall–Kier alpha value is -1.07. The van der Waals surface area contributed by atoms with Crippen molar-refractivity contribution in [2.45, 2.75) is 84.7 Å². The second kappa shape index (κ2) is 10.2. The van der Waals surface area contributed by atoms with Gasteiger partial charge in [0.1, 0.15) is 5.44 Å². The molecule has 0 aromatic heterocycles. The number of nitrogens with zero attached hydrogens (tertiary/aromatic N) is 1. The molecule has 0 bridgehead atoms. The van der Waals surface area contributed by atoms with Crippen LogP contribution in [0.25, 0.3) is 0 Å². The Morgan fingerprint density at radius 3 is 2.39 bits per heavy atom. The van der Waals surface area contributed by atoms with Crippen molar-refractivity contribution in [3.05, 3.63) is 35.0 Å². The fraction of sp³-hybridized carbons (Fsp3) is 0.793. The zero-order valence-electron chi connectivity index (χ0n) is 23.5. The first kappa shape index (κ1) is 28.0. The van der Waals surface area contributed by atoms with Crippen LogP contribution in [-0.2, 0) is 18.3 Å². The number of allylic oxidation sites excluding steroid dienone is 4. The van der Waals surface area contributed by atoms with Crippen molar-refractivity contribution in [1.82, 2.24) is 4.90 Å². The van der Waals surface area contributed by atoms with Gasteiger partial charge in [0.15, 0.2) is 0 Å². The van der Waals surface area contributed by atoms with Gasteiger partial charge in [-0.15, -0.1) is 0 Å². The standard InChI is InChI=1S/C29H48NO5P/c1-8-30(9-2)26(36(32,34-6)35-7)15-19-29(31)18-14-25-23-11-10-21-20-22(33-5)12-16-27(21,3)24(23)13-17-28(25,29)4/h10,15,20,23-25,31H,8-9,11-14,16-19H2,1-7H3/b26-15-/t23-,24+,25+,27+,28+,29-/m1/s1. The summed E-state index contributed by atoms with van der Waals surface area (Å²) in [6, 6.07) is 0. The molecule has 1 N–H and O–H groups in total. The summed E-state index contributed by atoms with van der Waals surface area (Å²) in [7, 11) is 1.23. The third-order valence-electron chi connectivity index (χ3n) is 10.8. The zero-order chi connectivity index (χ0) is 26.4. The molecular formula is C29H48NO5P. The van der Waals surface area contributed by atoms with E-state index in [9.17, 15) is 9.67 Å². The molecule has 7 heteroatoms. The van der Waals surface area contributed by atoms with Crippen LogP contribution in [0, 0.1) is 28.6 Å². The van der Waals surface area contributed by atoms with Gasteiger partial charge in [-0.25, -0.2) is 0 Å². The lowest BCUT2D eigenvalue weighted by molar-refractivity contribution is -0.120. The Bertz CT molecular complexity index is 963. The molecule has 4 rings (SSSR count). The largest absolute Gasteiger partial charge is 0.501 e. The maximum Gasteiger partial charge on any atom is 0.376 e. The first-order valence-corrected chi connectivity index (χ1v) is 15.4. The van der Waals surface area contributed by atoms with E-state index in [1.165, 1.54) is 19.8 Å². The smallest absolute Gasteiger partial charge is 0.376 e. The van der Waals surface area contributed by atoms with Gasteiger partial charge in [-0.2, -0.15) is 0 Å². The quantitative estimate of drug-likeness (QED) is 0.334. The highest BCUT2D eigenvalue weighted by atomic mass is 31.2. The second-order valence-electron chi connectivity index (χ2n) is 11.8. The minimum Gasteiger partial charge on any atom is -0.501 e. The van der Waals surface area contributed by atoms with E-state index < -0.39 is 13.2 Å². The van der Waals surface area contributed by atoms with Crippen molar-refractivity contribution in [3.63, 3.8) is 0 Å². The predicted octanol–water partition coefficient (Wildman–Crippen LogP) is 6.88. The highest BCUT2D eigenvalue weighted by Gasteiger charge is 2.63. The lowest BCUT2D eigenvalue weighted by Crippen LogP contribution is -2.54. The van der Waals surface area contributed by atoms with Crippen LogP contribution < -0.4 is 0 Å². The van der Waals surface area contributed by atoms with Crippen LogP contribution in [-0.4, -0.2) is 50.0 Å². The van der Waals surface area contributed by atoms with Gasteiger partial charge < -0.3 is 23.8 Å². The molecule has 6 atom stereocenters. The average Bonchev–Trinajstić information content (AvgIpc) is 3.16. The van der Waals surface area contributed by atoms with E-state index in [-0.39, 0.29) is 10.8 Å². The van der Waals surface area contributed by atoms with E-state index in [1.54, 1.807) is 7.11 Å². The zero-order valence-corrected chi connectivity index (χ0v) is 24.4. The summed E-state index contributed by atoms with van der Waals surface area (Å²) in [5, 5.41) is 12.2. The molecular weight excluding hydrogens is 473 g/mol. The first-order chi connectivity index (χ1) is 17.1. The number of rotatable bonds is 9. The molecule has 4 aliphatic rings. The van der Waals surface area contributed by atoms with Gasteiger partial charge in [0, 0.05) is 33.7 Å². The van der Waals surface area contributed by atoms with Crippen molar-refractivity contribution in [2.75, 3.05) is 34.4 Å². The lowest BCUT2D eigenvalue weighted by Gasteiger charge is -2.58. The van der Waals surface area contributed by atoms with Gasteiger partial charge in [0.05, 0.1) is 18.5 Å². The number of hydrogen-bond donors (Lipinski definition) is 1. The Labute approximate surface area is 218 Å². The van der Waals surface area contributed by atoms with Gasteiger partial charge in [-0.3, -0.25) is 4.57 Å². The third-order valence-corrected chi connectivity index (χ3v) is 12.8. The number of hydrogen-bond acceptors (Lipinski definition) is 6. The summed E-state index contributed by atoms with van der Waals surface area (Å²) in [6.45, 7) is 10.3. The summed E-state index contributed by atoms with van der Waals surface area (Å²) in [6.07, 6.45) is 14.4. The van der Waals surface area contributed by atoms with Gasteiger partial charge in [-0.1, -0.05) is 19.9 Å².